The molecule has 4 amide bonds. The Morgan fingerprint density at radius 1 is 0.700 bits per heavy atom. The summed E-state index contributed by atoms with van der Waals surface area (Å²) in [5.41, 5.74) is 9.32. The predicted octanol–water partition coefficient (Wildman–Crippen LogP) is 5.80. The van der Waals surface area contributed by atoms with Crippen LogP contribution in [0.4, 0.5) is 16.2 Å². The van der Waals surface area contributed by atoms with E-state index in [0.717, 1.165) is 22.4 Å². The van der Waals surface area contributed by atoms with Crippen molar-refractivity contribution in [3.05, 3.63) is 126 Å². The predicted molar refractivity (Wildman–Crippen MR) is 189 cm³/mol. The standard InChI is InChI=1S/C38H42N6O6/c1-27(36(39)46)41-37(47)34(42-38(48)50-26-30-12-6-3-7-13-30)14-8-9-23-40-35(45)24-28-15-17-31(18-16-28)43-44-32-19-21-33(22-20-32)49-25-29-10-4-2-5-11-29/h2-7,10-13,15-22,27,34H,8-9,14,23-26H2,1H3,(H2,39,46)(H,40,45)(H,41,47)(H,42,48)/t27-,34-/m0/s1. The van der Waals surface area contributed by atoms with Crippen molar-refractivity contribution in [1.29, 1.82) is 0 Å². The smallest absolute Gasteiger partial charge is 0.408 e. The largest absolute Gasteiger partial charge is 0.489 e. The minimum Gasteiger partial charge on any atom is -0.489 e. The lowest BCUT2D eigenvalue weighted by Crippen LogP contribution is -2.52. The van der Waals surface area contributed by atoms with Gasteiger partial charge in [0.25, 0.3) is 0 Å². The molecule has 0 heterocycles. The first-order chi connectivity index (χ1) is 24.2. The fraction of sp³-hybridized carbons (Fsp3) is 0.263. The van der Waals surface area contributed by atoms with Gasteiger partial charge in [-0.2, -0.15) is 10.2 Å². The van der Waals surface area contributed by atoms with E-state index < -0.39 is 30.0 Å². The molecule has 50 heavy (non-hydrogen) atoms. The minimum absolute atomic E-state index is 0.0400. The fourth-order valence-corrected chi connectivity index (χ4v) is 4.66. The molecule has 260 valence electrons. The number of unbranched alkanes of at least 4 members (excludes halogenated alkanes) is 1. The molecule has 0 bridgehead atoms. The molecule has 0 radical (unpaired) electrons. The zero-order valence-corrected chi connectivity index (χ0v) is 27.9. The molecule has 0 fully saturated rings. The van der Waals surface area contributed by atoms with Gasteiger partial charge in [0, 0.05) is 6.54 Å². The summed E-state index contributed by atoms with van der Waals surface area (Å²) in [5.74, 6) is -0.659. The lowest BCUT2D eigenvalue weighted by molar-refractivity contribution is -0.128. The maximum Gasteiger partial charge on any atom is 0.408 e. The molecule has 0 unspecified atom stereocenters. The molecule has 12 heteroatoms. The fourth-order valence-electron chi connectivity index (χ4n) is 4.66. The van der Waals surface area contributed by atoms with Crippen LogP contribution in [-0.4, -0.2) is 42.4 Å². The Balaban J connectivity index is 1.16. The van der Waals surface area contributed by atoms with E-state index in [1.807, 2.05) is 97.1 Å². The van der Waals surface area contributed by atoms with Gasteiger partial charge in [-0.15, -0.1) is 0 Å². The van der Waals surface area contributed by atoms with Gasteiger partial charge in [0.1, 0.15) is 31.0 Å². The number of rotatable bonds is 18. The Morgan fingerprint density at radius 3 is 1.88 bits per heavy atom. The first-order valence-corrected chi connectivity index (χ1v) is 16.4. The van der Waals surface area contributed by atoms with Crippen LogP contribution in [0.5, 0.6) is 5.75 Å². The van der Waals surface area contributed by atoms with Crippen LogP contribution < -0.4 is 26.4 Å². The summed E-state index contributed by atoms with van der Waals surface area (Å²) >= 11 is 0. The number of carbonyl (C=O) groups excluding carboxylic acids is 4. The van der Waals surface area contributed by atoms with E-state index in [2.05, 4.69) is 26.2 Å². The molecular weight excluding hydrogens is 636 g/mol. The number of alkyl carbamates (subject to hydrolysis) is 1. The molecule has 12 nitrogen and oxygen atoms in total. The Labute approximate surface area is 291 Å². The third-order valence-electron chi connectivity index (χ3n) is 7.52. The second kappa shape index (κ2) is 19.7. The summed E-state index contributed by atoms with van der Waals surface area (Å²) in [4.78, 5) is 49.2. The molecule has 0 aromatic heterocycles. The SMILES string of the molecule is C[C@H](NC(=O)[C@H](CCCCNC(=O)Cc1ccc(N=Nc2ccc(OCc3ccccc3)cc2)cc1)NC(=O)OCc1ccccc1)C(N)=O. The van der Waals surface area contributed by atoms with Gasteiger partial charge in [-0.3, -0.25) is 14.4 Å². The first-order valence-electron chi connectivity index (χ1n) is 16.4. The average molecular weight is 679 g/mol. The zero-order chi connectivity index (χ0) is 35.6. The lowest BCUT2D eigenvalue weighted by atomic mass is 10.1. The van der Waals surface area contributed by atoms with E-state index in [4.69, 9.17) is 15.2 Å². The number of nitrogens with zero attached hydrogens (tertiary/aromatic N) is 2. The van der Waals surface area contributed by atoms with Crippen molar-refractivity contribution < 1.29 is 28.7 Å². The first kappa shape index (κ1) is 36.8. The molecule has 2 atom stereocenters. The number of primary amides is 1. The van der Waals surface area contributed by atoms with Crippen molar-refractivity contribution in [2.24, 2.45) is 16.0 Å². The van der Waals surface area contributed by atoms with E-state index in [1.165, 1.54) is 6.92 Å². The van der Waals surface area contributed by atoms with Gasteiger partial charge >= 0.3 is 6.09 Å². The highest BCUT2D eigenvalue weighted by Gasteiger charge is 2.24. The van der Waals surface area contributed by atoms with Crippen molar-refractivity contribution in [3.63, 3.8) is 0 Å². The van der Waals surface area contributed by atoms with Crippen molar-refractivity contribution >= 4 is 35.2 Å². The van der Waals surface area contributed by atoms with Gasteiger partial charge in [0.15, 0.2) is 0 Å². The van der Waals surface area contributed by atoms with Crippen LogP contribution in [0.3, 0.4) is 0 Å². The maximum atomic E-state index is 12.8. The number of nitrogens with one attached hydrogen (secondary N) is 3. The number of azo groups is 1. The van der Waals surface area contributed by atoms with Crippen LogP contribution in [-0.2, 0) is 38.8 Å². The third-order valence-corrected chi connectivity index (χ3v) is 7.52. The Kier molecular flexibility index (Phi) is 14.5. The van der Waals surface area contributed by atoms with Crippen LogP contribution in [0, 0.1) is 0 Å². The quantitative estimate of drug-likeness (QED) is 0.0765. The maximum absolute atomic E-state index is 12.8. The number of ether oxygens (including phenoxy) is 2. The van der Waals surface area contributed by atoms with Crippen LogP contribution in [0.15, 0.2) is 119 Å². The van der Waals surface area contributed by atoms with Crippen molar-refractivity contribution in [2.75, 3.05) is 6.54 Å². The summed E-state index contributed by atoms with van der Waals surface area (Å²) in [6.45, 7) is 2.37. The van der Waals surface area contributed by atoms with Gasteiger partial charge < -0.3 is 31.2 Å². The Morgan fingerprint density at radius 2 is 1.28 bits per heavy atom. The van der Waals surface area contributed by atoms with E-state index in [1.54, 1.807) is 12.1 Å². The number of carbonyl (C=O) groups is 4. The van der Waals surface area contributed by atoms with Gasteiger partial charge in [0.2, 0.25) is 17.7 Å². The highest BCUT2D eigenvalue weighted by atomic mass is 16.5. The highest BCUT2D eigenvalue weighted by molar-refractivity contribution is 5.90. The summed E-state index contributed by atoms with van der Waals surface area (Å²) < 4.78 is 11.1. The van der Waals surface area contributed by atoms with Gasteiger partial charge in [-0.25, -0.2) is 4.79 Å². The number of nitrogens with two attached hydrogens (primary N) is 1. The van der Waals surface area contributed by atoms with Crippen LogP contribution in [0.25, 0.3) is 0 Å². The summed E-state index contributed by atoms with van der Waals surface area (Å²) in [6, 6.07) is 31.8. The number of hydrogen-bond donors (Lipinski definition) is 4. The Hall–Kier alpha value is -6.04. The number of benzene rings is 4. The van der Waals surface area contributed by atoms with Gasteiger partial charge in [-0.1, -0.05) is 72.8 Å². The molecule has 0 saturated heterocycles. The van der Waals surface area contributed by atoms with Crippen LogP contribution in [0.2, 0.25) is 0 Å². The van der Waals surface area contributed by atoms with Crippen molar-refractivity contribution in [1.82, 2.24) is 16.0 Å². The summed E-state index contributed by atoms with van der Waals surface area (Å²) in [7, 11) is 0. The van der Waals surface area contributed by atoms with Crippen LogP contribution in [0.1, 0.15) is 42.9 Å². The molecule has 0 aliphatic rings. The zero-order valence-electron chi connectivity index (χ0n) is 27.9. The lowest BCUT2D eigenvalue weighted by Gasteiger charge is -2.20. The van der Waals surface area contributed by atoms with Gasteiger partial charge in [-0.05, 0) is 79.3 Å². The molecular formula is C38H42N6O6. The van der Waals surface area contributed by atoms with E-state index in [0.29, 0.717) is 37.4 Å². The van der Waals surface area contributed by atoms with E-state index in [-0.39, 0.29) is 25.4 Å². The monoisotopic (exact) mass is 678 g/mol. The van der Waals surface area contributed by atoms with Crippen LogP contribution >= 0.6 is 0 Å². The number of amides is 4. The van der Waals surface area contributed by atoms with Crippen molar-refractivity contribution in [3.8, 4) is 5.75 Å². The molecule has 5 N–H and O–H groups in total. The second-order valence-electron chi connectivity index (χ2n) is 11.5. The van der Waals surface area contributed by atoms with E-state index in [9.17, 15) is 19.2 Å². The third kappa shape index (κ3) is 13.2. The molecule has 0 aliphatic carbocycles. The summed E-state index contributed by atoms with van der Waals surface area (Å²) in [6.07, 6.45) is 0.745. The number of hydrogen-bond acceptors (Lipinski definition) is 8. The summed E-state index contributed by atoms with van der Waals surface area (Å²) in [5, 5.41) is 16.5. The topological polar surface area (TPSA) is 174 Å². The molecule has 4 rings (SSSR count). The molecule has 4 aromatic rings. The highest BCUT2D eigenvalue weighted by Crippen LogP contribution is 2.22. The van der Waals surface area contributed by atoms with E-state index >= 15 is 0 Å². The van der Waals surface area contributed by atoms with Gasteiger partial charge in [0.05, 0.1) is 17.8 Å². The molecule has 0 saturated carbocycles. The Bertz CT molecular complexity index is 1700. The second-order valence-corrected chi connectivity index (χ2v) is 11.5. The van der Waals surface area contributed by atoms with Crippen molar-refractivity contribution in [2.45, 2.75) is 57.9 Å². The molecule has 0 aliphatic heterocycles. The molecule has 0 spiro atoms. The normalized spacial score (nSPS) is 12.0. The average Bonchev–Trinajstić information content (AvgIpc) is 3.13. The molecule has 4 aromatic carbocycles. The minimum atomic E-state index is -0.954.